The summed E-state index contributed by atoms with van der Waals surface area (Å²) >= 11 is 0. The molecule has 1 aromatic heterocycles. The molecule has 2 fully saturated rings. The summed E-state index contributed by atoms with van der Waals surface area (Å²) < 4.78 is 0. The number of piperidine rings is 1. The van der Waals surface area contributed by atoms with Crippen LogP contribution >= 0.6 is 0 Å². The van der Waals surface area contributed by atoms with Gasteiger partial charge in [0.1, 0.15) is 29.7 Å². The van der Waals surface area contributed by atoms with Crippen LogP contribution in [0.25, 0.3) is 0 Å². The summed E-state index contributed by atoms with van der Waals surface area (Å²) in [6.45, 7) is 5.24. The van der Waals surface area contributed by atoms with Gasteiger partial charge in [-0.2, -0.15) is 0 Å². The number of aliphatic hydroxyl groups is 1. The lowest BCUT2D eigenvalue weighted by molar-refractivity contribution is -0.125. The third-order valence-corrected chi connectivity index (χ3v) is 8.16. The molecule has 2 amide bonds. The summed E-state index contributed by atoms with van der Waals surface area (Å²) in [6, 6.07) is 10.1. The van der Waals surface area contributed by atoms with Crippen LogP contribution in [0.15, 0.2) is 41.8 Å². The first-order chi connectivity index (χ1) is 19.9. The quantitative estimate of drug-likeness (QED) is 0.297. The Kier molecular flexibility index (Phi) is 9.79. The van der Waals surface area contributed by atoms with Gasteiger partial charge in [0.05, 0.1) is 6.10 Å². The molecule has 2 aromatic rings. The van der Waals surface area contributed by atoms with Gasteiger partial charge in [0, 0.05) is 51.4 Å². The first-order valence-electron chi connectivity index (χ1n) is 14.8. The van der Waals surface area contributed by atoms with Crippen molar-refractivity contribution in [2.45, 2.75) is 76.7 Å². The number of anilines is 1. The Hall–Kier alpha value is -3.57. The lowest BCUT2D eigenvalue weighted by atomic mass is 10.00. The average Bonchev–Trinajstić information content (AvgIpc) is 3.53. The van der Waals surface area contributed by atoms with E-state index in [-0.39, 0.29) is 36.2 Å². The summed E-state index contributed by atoms with van der Waals surface area (Å²) in [6.07, 6.45) is 7.61. The summed E-state index contributed by atoms with van der Waals surface area (Å²) in [4.78, 5) is 43.5. The Labute approximate surface area is 241 Å². The molecule has 1 atom stereocenters. The Morgan fingerprint density at radius 1 is 1.10 bits per heavy atom. The van der Waals surface area contributed by atoms with Gasteiger partial charge in [-0.3, -0.25) is 14.5 Å². The Balaban J connectivity index is 1.04. The summed E-state index contributed by atoms with van der Waals surface area (Å²) in [5, 5.41) is 20.8. The number of carbonyl (C=O) groups is 2. The molecule has 0 bridgehead atoms. The monoisotopic (exact) mass is 563 g/mol. The molecule has 3 N–H and O–H groups in total. The fourth-order valence-corrected chi connectivity index (χ4v) is 5.79. The van der Waals surface area contributed by atoms with Crippen LogP contribution < -0.4 is 10.6 Å². The van der Waals surface area contributed by atoms with Gasteiger partial charge in [0.2, 0.25) is 0 Å². The predicted molar refractivity (Wildman–Crippen MR) is 155 cm³/mol. The molecular formula is C30H41N7O4. The predicted octanol–water partition coefficient (Wildman–Crippen LogP) is 2.36. The van der Waals surface area contributed by atoms with E-state index in [9.17, 15) is 14.7 Å². The van der Waals surface area contributed by atoms with Crippen LogP contribution in [0.5, 0.6) is 0 Å². The Morgan fingerprint density at radius 3 is 2.63 bits per heavy atom. The van der Waals surface area contributed by atoms with E-state index in [0.717, 1.165) is 58.0 Å². The second-order valence-electron chi connectivity index (χ2n) is 11.3. The summed E-state index contributed by atoms with van der Waals surface area (Å²) in [5.41, 5.74) is 3.29. The molecule has 0 spiro atoms. The minimum atomic E-state index is -0.681. The average molecular weight is 564 g/mol. The highest BCUT2D eigenvalue weighted by Gasteiger charge is 2.26. The van der Waals surface area contributed by atoms with E-state index < -0.39 is 6.10 Å². The number of amides is 2. The number of aromatic nitrogens is 2. The summed E-state index contributed by atoms with van der Waals surface area (Å²) in [5.74, 6) is 0.119. The van der Waals surface area contributed by atoms with Crippen LogP contribution in [-0.4, -0.2) is 93.4 Å². The van der Waals surface area contributed by atoms with E-state index >= 15 is 0 Å². The van der Waals surface area contributed by atoms with E-state index in [4.69, 9.17) is 4.84 Å². The standard InChI is InChI=1S/C30H41N7O4/c1-21(35-41-26-8-4-5-9-26)30(40)37-14-11-24(12-15-37)34-28-16-27(32-20-33-28)29(39)31-17-25(38)19-36-13-10-22-6-2-3-7-23(22)18-36/h2-3,6-7,16,20,24-26,38H,4-5,8-15,17-19H2,1H3,(H,31,39)(H,32,33,34)/b35-21+/t25-/m0/s1. The zero-order valence-corrected chi connectivity index (χ0v) is 23.8. The highest BCUT2D eigenvalue weighted by atomic mass is 16.6. The third kappa shape index (κ3) is 8.01. The number of β-amino-alcohol motifs (C(OH)–C–C–N with tert-alkyl or cyclic N) is 1. The second-order valence-corrected chi connectivity index (χ2v) is 11.3. The highest BCUT2D eigenvalue weighted by molar-refractivity contribution is 6.37. The number of hydrogen-bond acceptors (Lipinski definition) is 9. The van der Waals surface area contributed by atoms with Crippen molar-refractivity contribution in [3.8, 4) is 0 Å². The normalized spacial score (nSPS) is 19.5. The van der Waals surface area contributed by atoms with Gasteiger partial charge >= 0.3 is 0 Å². The van der Waals surface area contributed by atoms with E-state index in [1.807, 2.05) is 11.0 Å². The fourth-order valence-electron chi connectivity index (χ4n) is 5.79. The second kappa shape index (κ2) is 13.9. The van der Waals surface area contributed by atoms with Crippen molar-refractivity contribution < 1.29 is 19.5 Å². The van der Waals surface area contributed by atoms with Crippen molar-refractivity contribution in [2.75, 3.05) is 38.0 Å². The largest absolute Gasteiger partial charge is 0.392 e. The minimum Gasteiger partial charge on any atom is -0.392 e. The smallest absolute Gasteiger partial charge is 0.271 e. The number of likely N-dealkylation sites (tertiary alicyclic amines) is 1. The van der Waals surface area contributed by atoms with Crippen LogP contribution in [0.4, 0.5) is 5.82 Å². The minimum absolute atomic E-state index is 0.0882. The molecule has 41 heavy (non-hydrogen) atoms. The first kappa shape index (κ1) is 28.9. The van der Waals surface area contributed by atoms with Gasteiger partial charge in [-0.15, -0.1) is 0 Å². The number of oxime groups is 1. The van der Waals surface area contributed by atoms with E-state index in [2.05, 4.69) is 48.9 Å². The van der Waals surface area contributed by atoms with Crippen molar-refractivity contribution in [3.63, 3.8) is 0 Å². The Bertz CT molecular complexity index is 1220. The van der Waals surface area contributed by atoms with Crippen LogP contribution in [-0.2, 0) is 22.6 Å². The molecule has 3 aliphatic rings. The number of benzene rings is 1. The number of nitrogens with one attached hydrogen (secondary N) is 2. The van der Waals surface area contributed by atoms with Crippen molar-refractivity contribution in [1.29, 1.82) is 0 Å². The van der Waals surface area contributed by atoms with E-state index in [1.54, 1.807) is 13.0 Å². The first-order valence-corrected chi connectivity index (χ1v) is 14.8. The molecule has 220 valence electrons. The van der Waals surface area contributed by atoms with Crippen LogP contribution in [0.2, 0.25) is 0 Å². The molecule has 0 radical (unpaired) electrons. The molecule has 1 saturated heterocycles. The van der Waals surface area contributed by atoms with Crippen molar-refractivity contribution in [2.24, 2.45) is 5.16 Å². The van der Waals surface area contributed by atoms with E-state index in [0.29, 0.717) is 31.2 Å². The van der Waals surface area contributed by atoms with Gasteiger partial charge in [-0.1, -0.05) is 29.4 Å². The van der Waals surface area contributed by atoms with Gasteiger partial charge in [-0.05, 0) is 63.0 Å². The van der Waals surface area contributed by atoms with Gasteiger partial charge in [0.15, 0.2) is 0 Å². The maximum Gasteiger partial charge on any atom is 0.271 e. The molecule has 1 aliphatic carbocycles. The molecule has 2 aliphatic heterocycles. The van der Waals surface area contributed by atoms with Gasteiger partial charge in [0.25, 0.3) is 11.8 Å². The van der Waals surface area contributed by atoms with E-state index in [1.165, 1.54) is 17.5 Å². The highest BCUT2D eigenvalue weighted by Crippen LogP contribution is 2.22. The number of nitrogens with zero attached hydrogens (tertiary/aromatic N) is 5. The molecule has 0 unspecified atom stereocenters. The summed E-state index contributed by atoms with van der Waals surface area (Å²) in [7, 11) is 0. The molecule has 11 nitrogen and oxygen atoms in total. The topological polar surface area (TPSA) is 132 Å². The maximum absolute atomic E-state index is 12.8. The fraction of sp³-hybridized carbons (Fsp3) is 0.567. The van der Waals surface area contributed by atoms with Crippen molar-refractivity contribution >= 4 is 23.3 Å². The van der Waals surface area contributed by atoms with Gasteiger partial charge < -0.3 is 25.5 Å². The van der Waals surface area contributed by atoms with Crippen LogP contribution in [0, 0.1) is 0 Å². The number of rotatable bonds is 10. The van der Waals surface area contributed by atoms with Crippen LogP contribution in [0.3, 0.4) is 0 Å². The number of fused-ring (bicyclic) bond motifs is 1. The molecular weight excluding hydrogens is 522 g/mol. The number of aliphatic hydroxyl groups excluding tert-OH is 1. The molecule has 11 heteroatoms. The Morgan fingerprint density at radius 2 is 1.85 bits per heavy atom. The molecule has 1 saturated carbocycles. The lowest BCUT2D eigenvalue weighted by Crippen LogP contribution is -2.44. The maximum atomic E-state index is 12.8. The molecule has 5 rings (SSSR count). The number of carbonyl (C=O) groups excluding carboxylic acids is 2. The van der Waals surface area contributed by atoms with Gasteiger partial charge in [-0.25, -0.2) is 9.97 Å². The molecule has 1 aromatic carbocycles. The zero-order chi connectivity index (χ0) is 28.6. The van der Waals surface area contributed by atoms with Crippen molar-refractivity contribution in [3.05, 3.63) is 53.5 Å². The third-order valence-electron chi connectivity index (χ3n) is 8.16. The zero-order valence-electron chi connectivity index (χ0n) is 23.8. The van der Waals surface area contributed by atoms with Crippen molar-refractivity contribution in [1.82, 2.24) is 25.1 Å². The van der Waals surface area contributed by atoms with Crippen LogP contribution in [0.1, 0.15) is 67.1 Å². The lowest BCUT2D eigenvalue weighted by Gasteiger charge is -2.32. The SMILES string of the molecule is C/C(=N\OC1CCCC1)C(=O)N1CCC(Nc2cc(C(=O)NC[C@H](O)CN3CCc4ccccc4C3)ncn2)CC1. The number of hydrogen-bond donors (Lipinski definition) is 3. The molecule has 3 heterocycles.